The fraction of sp³-hybridized carbons (Fsp3) is 0.263. The van der Waals surface area contributed by atoms with Crippen LogP contribution in [0.15, 0.2) is 60.2 Å². The molecular formula is C19H22. The highest BCUT2D eigenvalue weighted by atomic mass is 14.2. The first-order valence-electron chi connectivity index (χ1n) is 6.88. The second-order valence-corrected chi connectivity index (χ2v) is 5.24. The van der Waals surface area contributed by atoms with Gasteiger partial charge in [0.1, 0.15) is 0 Å². The van der Waals surface area contributed by atoms with Crippen molar-refractivity contribution in [2.24, 2.45) is 0 Å². The molecule has 0 heteroatoms. The lowest BCUT2D eigenvalue weighted by Crippen LogP contribution is -2.05. The van der Waals surface area contributed by atoms with Gasteiger partial charge in [0, 0.05) is 5.92 Å². The predicted molar refractivity (Wildman–Crippen MR) is 83.6 cm³/mol. The molecule has 0 aliphatic carbocycles. The van der Waals surface area contributed by atoms with Crippen molar-refractivity contribution in [2.75, 3.05) is 0 Å². The van der Waals surface area contributed by atoms with E-state index in [0.29, 0.717) is 5.92 Å². The Hall–Kier alpha value is -1.82. The number of rotatable bonds is 3. The summed E-state index contributed by atoms with van der Waals surface area (Å²) in [5, 5.41) is 0. The van der Waals surface area contributed by atoms with Gasteiger partial charge >= 0.3 is 0 Å². The van der Waals surface area contributed by atoms with Crippen LogP contribution in [0.5, 0.6) is 0 Å². The number of allylic oxidation sites excluding steroid dienone is 2. The molecule has 2 rings (SSSR count). The molecule has 0 bridgehead atoms. The molecule has 0 N–H and O–H groups in total. The van der Waals surface area contributed by atoms with Gasteiger partial charge in [0.2, 0.25) is 0 Å². The van der Waals surface area contributed by atoms with Crippen molar-refractivity contribution in [3.05, 3.63) is 82.4 Å². The van der Waals surface area contributed by atoms with Gasteiger partial charge in [0.05, 0.1) is 0 Å². The van der Waals surface area contributed by atoms with E-state index in [2.05, 4.69) is 82.3 Å². The summed E-state index contributed by atoms with van der Waals surface area (Å²) in [6, 6.07) is 17.5. The highest BCUT2D eigenvalue weighted by molar-refractivity contribution is 5.45. The summed E-state index contributed by atoms with van der Waals surface area (Å²) in [6.07, 6.45) is 2.22. The molecule has 0 heterocycles. The first-order valence-corrected chi connectivity index (χ1v) is 6.88. The van der Waals surface area contributed by atoms with Crippen molar-refractivity contribution >= 4 is 0 Å². The highest BCUT2D eigenvalue weighted by Gasteiger charge is 2.17. The lowest BCUT2D eigenvalue weighted by Gasteiger charge is -2.21. The molecule has 0 saturated carbocycles. The normalized spacial score (nSPS) is 13.4. The first-order chi connectivity index (χ1) is 9.13. The van der Waals surface area contributed by atoms with Crippen LogP contribution in [0, 0.1) is 13.8 Å². The molecule has 1 unspecified atom stereocenters. The molecule has 0 spiro atoms. The lowest BCUT2D eigenvalue weighted by molar-refractivity contribution is 0.927. The Morgan fingerprint density at radius 3 is 2.32 bits per heavy atom. The second-order valence-electron chi connectivity index (χ2n) is 5.24. The van der Waals surface area contributed by atoms with Crippen LogP contribution in [0.1, 0.15) is 42.0 Å². The third-order valence-corrected chi connectivity index (χ3v) is 3.79. The van der Waals surface area contributed by atoms with Gasteiger partial charge < -0.3 is 0 Å². The van der Waals surface area contributed by atoms with Crippen LogP contribution >= 0.6 is 0 Å². The fourth-order valence-corrected chi connectivity index (χ4v) is 2.57. The molecule has 1 atom stereocenters. The maximum atomic E-state index is 2.32. The van der Waals surface area contributed by atoms with Crippen LogP contribution < -0.4 is 0 Å². The summed E-state index contributed by atoms with van der Waals surface area (Å²) in [5.41, 5.74) is 6.87. The summed E-state index contributed by atoms with van der Waals surface area (Å²) >= 11 is 0. The minimum absolute atomic E-state index is 0.367. The monoisotopic (exact) mass is 250 g/mol. The number of benzene rings is 2. The van der Waals surface area contributed by atoms with Gasteiger partial charge in [-0.3, -0.25) is 0 Å². The first kappa shape index (κ1) is 13.6. The van der Waals surface area contributed by atoms with Gasteiger partial charge in [-0.25, -0.2) is 0 Å². The Labute approximate surface area is 116 Å². The summed E-state index contributed by atoms with van der Waals surface area (Å²) in [7, 11) is 0. The Morgan fingerprint density at radius 2 is 1.68 bits per heavy atom. The van der Waals surface area contributed by atoms with E-state index in [9.17, 15) is 0 Å². The Balaban J connectivity index is 2.59. The molecule has 0 aliphatic rings. The van der Waals surface area contributed by atoms with Crippen molar-refractivity contribution in [2.45, 2.75) is 33.6 Å². The third-order valence-electron chi connectivity index (χ3n) is 3.79. The largest absolute Gasteiger partial charge is 0.0878 e. The van der Waals surface area contributed by atoms with Gasteiger partial charge in [-0.05, 0) is 44.4 Å². The van der Waals surface area contributed by atoms with Crippen LogP contribution in [-0.4, -0.2) is 0 Å². The highest BCUT2D eigenvalue weighted by Crippen LogP contribution is 2.33. The number of hydrogen-bond donors (Lipinski definition) is 0. The zero-order chi connectivity index (χ0) is 13.8. The van der Waals surface area contributed by atoms with E-state index in [0.717, 1.165) is 0 Å². The van der Waals surface area contributed by atoms with E-state index in [1.165, 1.54) is 27.8 Å². The molecule has 2 aromatic rings. The minimum Gasteiger partial charge on any atom is -0.0878 e. The van der Waals surface area contributed by atoms with E-state index >= 15 is 0 Å². The SMILES string of the molecule is C/C=C(\C)C(c1ccccc1)c1cc(C)ccc1C. The summed E-state index contributed by atoms with van der Waals surface area (Å²) in [5.74, 6) is 0.367. The topological polar surface area (TPSA) is 0 Å². The molecule has 0 aromatic heterocycles. The standard InChI is InChI=1S/C19H22/c1-5-15(3)19(17-9-7-6-8-10-17)18-13-14(2)11-12-16(18)4/h5-13,19H,1-4H3/b15-5+. The summed E-state index contributed by atoms with van der Waals surface area (Å²) < 4.78 is 0. The maximum absolute atomic E-state index is 2.32. The molecular weight excluding hydrogens is 228 g/mol. The summed E-state index contributed by atoms with van der Waals surface area (Å²) in [6.45, 7) is 8.71. The number of hydrogen-bond acceptors (Lipinski definition) is 0. The predicted octanol–water partition coefficient (Wildman–Crippen LogP) is 5.40. The Morgan fingerprint density at radius 1 is 1.00 bits per heavy atom. The van der Waals surface area contributed by atoms with E-state index < -0.39 is 0 Å². The van der Waals surface area contributed by atoms with E-state index in [1.54, 1.807) is 0 Å². The van der Waals surface area contributed by atoms with Crippen LogP contribution in [-0.2, 0) is 0 Å². The van der Waals surface area contributed by atoms with Crippen molar-refractivity contribution in [3.8, 4) is 0 Å². The van der Waals surface area contributed by atoms with Crippen molar-refractivity contribution < 1.29 is 0 Å². The fourth-order valence-electron chi connectivity index (χ4n) is 2.57. The second kappa shape index (κ2) is 5.88. The molecule has 0 aliphatic heterocycles. The average molecular weight is 250 g/mol. The van der Waals surface area contributed by atoms with Gasteiger partial charge in [-0.2, -0.15) is 0 Å². The molecule has 0 saturated heterocycles. The smallest absolute Gasteiger partial charge is 0.0298 e. The Kier molecular flexibility index (Phi) is 4.21. The Bertz CT molecular complexity index is 576. The number of aryl methyl sites for hydroxylation is 2. The van der Waals surface area contributed by atoms with Crippen LogP contribution in [0.3, 0.4) is 0 Å². The minimum atomic E-state index is 0.367. The van der Waals surface area contributed by atoms with Crippen molar-refractivity contribution in [3.63, 3.8) is 0 Å². The van der Waals surface area contributed by atoms with Crippen LogP contribution in [0.2, 0.25) is 0 Å². The van der Waals surface area contributed by atoms with Crippen molar-refractivity contribution in [1.29, 1.82) is 0 Å². The van der Waals surface area contributed by atoms with Crippen LogP contribution in [0.25, 0.3) is 0 Å². The van der Waals surface area contributed by atoms with Gasteiger partial charge in [0.15, 0.2) is 0 Å². The molecule has 0 amide bonds. The molecule has 2 aromatic carbocycles. The average Bonchev–Trinajstić information content (AvgIpc) is 2.44. The molecule has 98 valence electrons. The zero-order valence-electron chi connectivity index (χ0n) is 12.3. The van der Waals surface area contributed by atoms with E-state index in [1.807, 2.05) is 0 Å². The van der Waals surface area contributed by atoms with Gasteiger partial charge in [-0.1, -0.05) is 65.7 Å². The molecule has 0 nitrogen and oxygen atoms in total. The molecule has 19 heavy (non-hydrogen) atoms. The summed E-state index contributed by atoms with van der Waals surface area (Å²) in [4.78, 5) is 0. The third kappa shape index (κ3) is 2.96. The molecule has 0 radical (unpaired) electrons. The zero-order valence-corrected chi connectivity index (χ0v) is 12.3. The van der Waals surface area contributed by atoms with Crippen molar-refractivity contribution in [1.82, 2.24) is 0 Å². The van der Waals surface area contributed by atoms with Gasteiger partial charge in [0.25, 0.3) is 0 Å². The maximum Gasteiger partial charge on any atom is 0.0298 e. The van der Waals surface area contributed by atoms with Crippen LogP contribution in [0.4, 0.5) is 0 Å². The van der Waals surface area contributed by atoms with E-state index in [-0.39, 0.29) is 0 Å². The quantitative estimate of drug-likeness (QED) is 0.640. The van der Waals surface area contributed by atoms with Gasteiger partial charge in [-0.15, -0.1) is 0 Å². The lowest BCUT2D eigenvalue weighted by atomic mass is 9.83. The van der Waals surface area contributed by atoms with E-state index in [4.69, 9.17) is 0 Å². The molecule has 0 fully saturated rings.